The summed E-state index contributed by atoms with van der Waals surface area (Å²) >= 11 is 0. The van der Waals surface area contributed by atoms with E-state index in [1.54, 1.807) is 12.4 Å². The van der Waals surface area contributed by atoms with E-state index in [1.165, 1.54) is 0 Å². The Hall–Kier alpha value is -4.12. The van der Waals surface area contributed by atoms with Gasteiger partial charge in [0.05, 0.1) is 24.2 Å². The fourth-order valence-corrected chi connectivity index (χ4v) is 5.53. The molecule has 0 unspecified atom stereocenters. The van der Waals surface area contributed by atoms with Gasteiger partial charge in [0.2, 0.25) is 5.91 Å². The molecule has 0 bridgehead atoms. The molecule has 0 radical (unpaired) electrons. The quantitative estimate of drug-likeness (QED) is 0.241. The zero-order chi connectivity index (χ0) is 29.6. The van der Waals surface area contributed by atoms with Gasteiger partial charge < -0.3 is 20.0 Å². The van der Waals surface area contributed by atoms with Gasteiger partial charge in [0, 0.05) is 35.3 Å². The Morgan fingerprint density at radius 1 is 1.07 bits per heavy atom. The molecule has 1 saturated carbocycles. The molecule has 3 N–H and O–H groups in total. The number of aromatic nitrogens is 4. The maximum absolute atomic E-state index is 13.2. The molecule has 5 rings (SSSR count). The summed E-state index contributed by atoms with van der Waals surface area (Å²) in [4.78, 5) is 25.1. The Kier molecular flexibility index (Phi) is 7.19. The number of rotatable bonds is 6. The second-order valence-electron chi connectivity index (χ2n) is 10.2. The number of imidazole rings is 1. The Morgan fingerprint density at radius 3 is 2.34 bits per heavy atom. The van der Waals surface area contributed by atoms with E-state index in [4.69, 9.17) is 5.26 Å². The van der Waals surface area contributed by atoms with Crippen molar-refractivity contribution in [2.24, 2.45) is 5.92 Å². The molecule has 0 aliphatic heterocycles. The van der Waals surface area contributed by atoms with Gasteiger partial charge in [-0.2, -0.15) is 31.6 Å². The van der Waals surface area contributed by atoms with Crippen LogP contribution >= 0.6 is 0 Å². The normalized spacial score (nSPS) is 18.5. The summed E-state index contributed by atoms with van der Waals surface area (Å²) in [7, 11) is 0. The summed E-state index contributed by atoms with van der Waals surface area (Å²) < 4.78 is 81.1. The molecule has 1 fully saturated rings. The number of anilines is 1. The fourth-order valence-electron chi connectivity index (χ4n) is 5.53. The molecule has 1 amide bonds. The van der Waals surface area contributed by atoms with Gasteiger partial charge in [-0.3, -0.25) is 4.79 Å². The Bertz CT molecular complexity index is 1590. The molecule has 1 aliphatic carbocycles. The standard InChI is InChI=1S/C27H24F6N6O2/c28-26(29,30)25(41,27(31,32)33)16-3-5-17(6-4-16)37-22(40)13-21-38-20-14-36-24-19(10-12-35-24)23(20)39(21)18-7-1-15(2-8-18)9-11-34/h3-6,10,12,14-15,18,41H,1-2,7-9,13H2,(H,35,36)(H,37,40). The summed E-state index contributed by atoms with van der Waals surface area (Å²) in [6.07, 6.45) is -5.24. The minimum Gasteiger partial charge on any atom is -0.369 e. The van der Waals surface area contributed by atoms with Crippen molar-refractivity contribution in [2.45, 2.75) is 62.5 Å². The molecule has 0 spiro atoms. The summed E-state index contributed by atoms with van der Waals surface area (Å²) in [5, 5.41) is 21.9. The lowest BCUT2D eigenvalue weighted by Gasteiger charge is -2.32. The number of carbonyl (C=O) groups excluding carboxylic acids is 1. The first-order chi connectivity index (χ1) is 19.3. The van der Waals surface area contributed by atoms with E-state index in [-0.39, 0.29) is 18.2 Å². The molecule has 3 heterocycles. The average molecular weight is 579 g/mol. The molecule has 0 atom stereocenters. The number of H-pyrrole nitrogens is 1. The van der Waals surface area contributed by atoms with Gasteiger partial charge in [-0.1, -0.05) is 12.1 Å². The predicted octanol–water partition coefficient (Wildman–Crippen LogP) is 6.05. The molecule has 41 heavy (non-hydrogen) atoms. The lowest BCUT2D eigenvalue weighted by atomic mass is 9.84. The first kappa shape index (κ1) is 28.4. The number of benzene rings is 1. The minimum atomic E-state index is -6.01. The number of nitriles is 1. The number of hydrogen-bond acceptors (Lipinski definition) is 5. The van der Waals surface area contributed by atoms with Crippen LogP contribution in [-0.4, -0.2) is 42.9 Å². The predicted molar refractivity (Wildman–Crippen MR) is 135 cm³/mol. The van der Waals surface area contributed by atoms with Crippen LogP contribution in [0.15, 0.2) is 42.7 Å². The fraction of sp³-hybridized carbons (Fsp3) is 0.407. The third-order valence-electron chi connectivity index (χ3n) is 7.59. The van der Waals surface area contributed by atoms with Crippen molar-refractivity contribution in [3.8, 4) is 6.07 Å². The molecule has 8 nitrogen and oxygen atoms in total. The molecular formula is C27H24F6N6O2. The van der Waals surface area contributed by atoms with Gasteiger partial charge in [0.15, 0.2) is 0 Å². The van der Waals surface area contributed by atoms with Gasteiger partial charge in [-0.05, 0) is 49.8 Å². The number of nitrogens with zero attached hydrogens (tertiary/aromatic N) is 4. The first-order valence-electron chi connectivity index (χ1n) is 12.8. The molecular weight excluding hydrogens is 554 g/mol. The van der Waals surface area contributed by atoms with E-state index in [0.717, 1.165) is 48.7 Å². The van der Waals surface area contributed by atoms with Crippen molar-refractivity contribution in [2.75, 3.05) is 5.32 Å². The van der Waals surface area contributed by atoms with E-state index in [0.29, 0.717) is 41.5 Å². The second-order valence-corrected chi connectivity index (χ2v) is 10.2. The Balaban J connectivity index is 1.41. The monoisotopic (exact) mass is 578 g/mol. The third-order valence-corrected chi connectivity index (χ3v) is 7.59. The van der Waals surface area contributed by atoms with Crippen molar-refractivity contribution >= 4 is 33.7 Å². The van der Waals surface area contributed by atoms with Crippen LogP contribution in [0.3, 0.4) is 0 Å². The summed E-state index contributed by atoms with van der Waals surface area (Å²) in [5.74, 6) is 0.131. The number of fused-ring (bicyclic) bond motifs is 3. The van der Waals surface area contributed by atoms with Crippen molar-refractivity contribution < 1.29 is 36.2 Å². The number of pyridine rings is 1. The number of halogens is 6. The molecule has 1 aliphatic rings. The maximum Gasteiger partial charge on any atom is 0.430 e. The van der Waals surface area contributed by atoms with E-state index in [9.17, 15) is 36.2 Å². The van der Waals surface area contributed by atoms with Crippen LogP contribution < -0.4 is 5.32 Å². The van der Waals surface area contributed by atoms with E-state index >= 15 is 0 Å². The van der Waals surface area contributed by atoms with Crippen molar-refractivity contribution in [3.05, 3.63) is 54.1 Å². The van der Waals surface area contributed by atoms with Crippen LogP contribution in [0.5, 0.6) is 0 Å². The van der Waals surface area contributed by atoms with Crippen LogP contribution in [0.1, 0.15) is 49.5 Å². The number of aromatic amines is 1. The highest BCUT2D eigenvalue weighted by molar-refractivity contribution is 6.02. The summed E-state index contributed by atoms with van der Waals surface area (Å²) in [6, 6.07) is 6.75. The molecule has 1 aromatic carbocycles. The lowest BCUT2D eigenvalue weighted by Crippen LogP contribution is -2.53. The van der Waals surface area contributed by atoms with Gasteiger partial charge in [0.1, 0.15) is 17.0 Å². The molecule has 216 valence electrons. The number of alkyl halides is 6. The third kappa shape index (κ3) is 5.10. The molecule has 4 aromatic rings. The average Bonchev–Trinajstić information content (AvgIpc) is 3.52. The number of nitrogens with one attached hydrogen (secondary N) is 2. The number of amides is 1. The van der Waals surface area contributed by atoms with E-state index in [2.05, 4.69) is 26.3 Å². The minimum absolute atomic E-state index is 0.0000550. The first-order valence-corrected chi connectivity index (χ1v) is 12.8. The molecule has 0 saturated heterocycles. The van der Waals surface area contributed by atoms with Crippen molar-refractivity contribution in [3.63, 3.8) is 0 Å². The second kappa shape index (κ2) is 10.4. The highest BCUT2D eigenvalue weighted by Crippen LogP contribution is 2.50. The van der Waals surface area contributed by atoms with Crippen molar-refractivity contribution in [1.82, 2.24) is 19.5 Å². The maximum atomic E-state index is 13.2. The highest BCUT2D eigenvalue weighted by atomic mass is 19.4. The Morgan fingerprint density at radius 2 is 1.73 bits per heavy atom. The molecule has 14 heteroatoms. The summed E-state index contributed by atoms with van der Waals surface area (Å²) in [5.41, 5.74) is -4.53. The molecule has 3 aromatic heterocycles. The largest absolute Gasteiger partial charge is 0.430 e. The lowest BCUT2D eigenvalue weighted by molar-refractivity contribution is -0.376. The van der Waals surface area contributed by atoms with Crippen LogP contribution in [0.25, 0.3) is 22.1 Å². The number of carbonyl (C=O) groups is 1. The smallest absolute Gasteiger partial charge is 0.369 e. The van der Waals surface area contributed by atoms with Crippen LogP contribution in [0.4, 0.5) is 32.0 Å². The highest BCUT2D eigenvalue weighted by Gasteiger charge is 2.71. The van der Waals surface area contributed by atoms with Crippen LogP contribution in [0.2, 0.25) is 0 Å². The van der Waals surface area contributed by atoms with Gasteiger partial charge >= 0.3 is 12.4 Å². The van der Waals surface area contributed by atoms with Gasteiger partial charge in [-0.25, -0.2) is 9.97 Å². The topological polar surface area (TPSA) is 120 Å². The van der Waals surface area contributed by atoms with E-state index < -0.39 is 29.4 Å². The van der Waals surface area contributed by atoms with Gasteiger partial charge in [-0.15, -0.1) is 0 Å². The van der Waals surface area contributed by atoms with Crippen LogP contribution in [0, 0.1) is 17.2 Å². The summed E-state index contributed by atoms with van der Waals surface area (Å²) in [6.45, 7) is 0. The van der Waals surface area contributed by atoms with Crippen LogP contribution in [-0.2, 0) is 16.8 Å². The number of hydrogen-bond donors (Lipinski definition) is 3. The van der Waals surface area contributed by atoms with Gasteiger partial charge in [0.25, 0.3) is 5.60 Å². The SMILES string of the molecule is N#CCC1CCC(n2c(CC(=O)Nc3ccc(C(O)(C(F)(F)F)C(F)(F)F)cc3)nc3cnc4[nH]ccc4c32)CC1. The zero-order valence-electron chi connectivity index (χ0n) is 21.4. The Labute approximate surface area is 229 Å². The van der Waals surface area contributed by atoms with E-state index in [1.807, 2.05) is 10.6 Å². The zero-order valence-corrected chi connectivity index (χ0v) is 21.4. The number of aliphatic hydroxyl groups is 1. The van der Waals surface area contributed by atoms with Crippen molar-refractivity contribution in [1.29, 1.82) is 5.26 Å².